The molecule has 0 radical (unpaired) electrons. The van der Waals surface area contributed by atoms with Crippen molar-refractivity contribution in [2.75, 3.05) is 51.4 Å². The first-order valence-corrected chi connectivity index (χ1v) is 8.04. The number of hydrogen-bond donors (Lipinski definition) is 0. The molecule has 1 aromatic rings. The van der Waals surface area contributed by atoms with Crippen LogP contribution in [-0.2, 0) is 4.74 Å². The number of benzene rings is 1. The molecule has 2 heterocycles. The highest BCUT2D eigenvalue weighted by molar-refractivity contribution is 5.61. The third-order valence-electron chi connectivity index (χ3n) is 4.70. The van der Waals surface area contributed by atoms with Crippen molar-refractivity contribution in [2.45, 2.75) is 25.8 Å². The Kier molecular flexibility index (Phi) is 4.54. The van der Waals surface area contributed by atoms with Crippen LogP contribution in [0.1, 0.15) is 25.3 Å². The van der Waals surface area contributed by atoms with Crippen LogP contribution in [0.15, 0.2) is 12.1 Å². The molecule has 4 nitrogen and oxygen atoms in total. The molecule has 2 aliphatic rings. The highest BCUT2D eigenvalue weighted by Gasteiger charge is 2.30. The summed E-state index contributed by atoms with van der Waals surface area (Å²) in [6.07, 6.45) is 0. The van der Waals surface area contributed by atoms with Gasteiger partial charge in [-0.05, 0) is 23.6 Å². The van der Waals surface area contributed by atoms with E-state index in [2.05, 4.69) is 23.6 Å². The lowest BCUT2D eigenvalue weighted by Gasteiger charge is -2.43. The Hall–Kier alpha value is -1.33. The predicted octanol–water partition coefficient (Wildman–Crippen LogP) is 2.48. The molecule has 0 N–H and O–H groups in total. The van der Waals surface area contributed by atoms with Crippen molar-refractivity contribution >= 4 is 5.69 Å². The van der Waals surface area contributed by atoms with E-state index in [1.165, 1.54) is 0 Å². The fraction of sp³-hybridized carbons (Fsp3) is 0.647. The van der Waals surface area contributed by atoms with Gasteiger partial charge in [0.05, 0.1) is 26.4 Å². The van der Waals surface area contributed by atoms with E-state index in [1.54, 1.807) is 13.2 Å². The monoisotopic (exact) mass is 308 g/mol. The quantitative estimate of drug-likeness (QED) is 0.853. The van der Waals surface area contributed by atoms with Crippen LogP contribution >= 0.6 is 0 Å². The lowest BCUT2D eigenvalue weighted by atomic mass is 10.0. The smallest absolute Gasteiger partial charge is 0.150 e. The Balaban J connectivity index is 1.76. The molecule has 0 bridgehead atoms. The highest BCUT2D eigenvalue weighted by Crippen LogP contribution is 2.35. The SMILES string of the molecule is COc1cc(C(C)C)cc(F)c1N1CCN(C2COC2)CC1. The minimum atomic E-state index is -0.177. The summed E-state index contributed by atoms with van der Waals surface area (Å²) in [6.45, 7) is 9.34. The van der Waals surface area contributed by atoms with Crippen LogP contribution in [0.3, 0.4) is 0 Å². The Labute approximate surface area is 131 Å². The van der Waals surface area contributed by atoms with Gasteiger partial charge in [0.15, 0.2) is 5.82 Å². The highest BCUT2D eigenvalue weighted by atomic mass is 19.1. The Morgan fingerprint density at radius 3 is 2.36 bits per heavy atom. The van der Waals surface area contributed by atoms with E-state index >= 15 is 0 Å². The second-order valence-electron chi connectivity index (χ2n) is 6.42. The van der Waals surface area contributed by atoms with Crippen LogP contribution < -0.4 is 9.64 Å². The van der Waals surface area contributed by atoms with Crippen molar-refractivity contribution in [3.05, 3.63) is 23.5 Å². The second-order valence-corrected chi connectivity index (χ2v) is 6.42. The topological polar surface area (TPSA) is 24.9 Å². The summed E-state index contributed by atoms with van der Waals surface area (Å²) in [5.41, 5.74) is 1.58. The molecule has 2 fully saturated rings. The van der Waals surface area contributed by atoms with Crippen LogP contribution in [0.2, 0.25) is 0 Å². The Morgan fingerprint density at radius 2 is 1.86 bits per heavy atom. The van der Waals surface area contributed by atoms with Gasteiger partial charge in [0.2, 0.25) is 0 Å². The maximum Gasteiger partial charge on any atom is 0.150 e. The molecule has 1 aromatic carbocycles. The van der Waals surface area contributed by atoms with E-state index in [0.29, 0.717) is 17.5 Å². The third kappa shape index (κ3) is 2.92. The predicted molar refractivity (Wildman–Crippen MR) is 85.4 cm³/mol. The van der Waals surface area contributed by atoms with E-state index < -0.39 is 0 Å². The molecule has 122 valence electrons. The summed E-state index contributed by atoms with van der Waals surface area (Å²) in [4.78, 5) is 4.54. The zero-order valence-electron chi connectivity index (χ0n) is 13.6. The minimum absolute atomic E-state index is 0.177. The second kappa shape index (κ2) is 6.42. The summed E-state index contributed by atoms with van der Waals surface area (Å²) in [7, 11) is 1.62. The number of piperazine rings is 1. The standard InChI is InChI=1S/C17H25FN2O2/c1-12(2)13-8-15(18)17(16(9-13)21-3)20-6-4-19(5-7-20)14-10-22-11-14/h8-9,12,14H,4-7,10-11H2,1-3H3. The molecule has 3 rings (SSSR count). The lowest BCUT2D eigenvalue weighted by molar-refractivity contribution is -0.0661. The average molecular weight is 308 g/mol. The number of halogens is 1. The van der Waals surface area contributed by atoms with Gasteiger partial charge in [-0.25, -0.2) is 4.39 Å². The molecule has 0 atom stereocenters. The number of ether oxygens (including phenoxy) is 2. The Morgan fingerprint density at radius 1 is 1.18 bits per heavy atom. The number of methoxy groups -OCH3 is 1. The van der Waals surface area contributed by atoms with E-state index in [9.17, 15) is 4.39 Å². The van der Waals surface area contributed by atoms with Crippen LogP contribution in [0.5, 0.6) is 5.75 Å². The van der Waals surface area contributed by atoms with Crippen LogP contribution in [-0.4, -0.2) is 57.4 Å². The molecular formula is C17H25FN2O2. The summed E-state index contributed by atoms with van der Waals surface area (Å²) in [6, 6.07) is 4.17. The van der Waals surface area contributed by atoms with Gasteiger partial charge < -0.3 is 14.4 Å². The normalized spacial score (nSPS) is 20.3. The summed E-state index contributed by atoms with van der Waals surface area (Å²) >= 11 is 0. The van der Waals surface area contributed by atoms with E-state index in [4.69, 9.17) is 9.47 Å². The first kappa shape index (κ1) is 15.6. The minimum Gasteiger partial charge on any atom is -0.494 e. The van der Waals surface area contributed by atoms with Crippen molar-refractivity contribution in [1.82, 2.24) is 4.90 Å². The third-order valence-corrected chi connectivity index (χ3v) is 4.70. The summed E-state index contributed by atoms with van der Waals surface area (Å²) < 4.78 is 25.3. The molecule has 0 saturated carbocycles. The molecule has 0 aliphatic carbocycles. The first-order chi connectivity index (χ1) is 10.6. The number of hydrogen-bond acceptors (Lipinski definition) is 4. The van der Waals surface area contributed by atoms with Gasteiger partial charge in [0.1, 0.15) is 11.4 Å². The zero-order valence-corrected chi connectivity index (χ0v) is 13.6. The maximum atomic E-state index is 14.6. The number of nitrogens with zero attached hydrogens (tertiary/aromatic N) is 2. The van der Waals surface area contributed by atoms with E-state index in [0.717, 1.165) is 45.0 Å². The lowest BCUT2D eigenvalue weighted by Crippen LogP contribution is -2.56. The maximum absolute atomic E-state index is 14.6. The summed E-state index contributed by atoms with van der Waals surface area (Å²) in [5.74, 6) is 0.750. The van der Waals surface area contributed by atoms with Crippen molar-refractivity contribution in [3.8, 4) is 5.75 Å². The van der Waals surface area contributed by atoms with Gasteiger partial charge in [-0.15, -0.1) is 0 Å². The molecule has 0 unspecified atom stereocenters. The summed E-state index contributed by atoms with van der Waals surface area (Å²) in [5, 5.41) is 0. The molecule has 2 saturated heterocycles. The van der Waals surface area contributed by atoms with Crippen LogP contribution in [0.4, 0.5) is 10.1 Å². The molecule has 0 spiro atoms. The van der Waals surface area contributed by atoms with E-state index in [1.807, 2.05) is 6.07 Å². The molecule has 22 heavy (non-hydrogen) atoms. The molecule has 2 aliphatic heterocycles. The van der Waals surface area contributed by atoms with Crippen LogP contribution in [0, 0.1) is 5.82 Å². The number of anilines is 1. The van der Waals surface area contributed by atoms with Crippen molar-refractivity contribution in [1.29, 1.82) is 0 Å². The van der Waals surface area contributed by atoms with Crippen molar-refractivity contribution < 1.29 is 13.9 Å². The fourth-order valence-corrected chi connectivity index (χ4v) is 3.13. The van der Waals surface area contributed by atoms with Gasteiger partial charge in [-0.1, -0.05) is 13.8 Å². The first-order valence-electron chi connectivity index (χ1n) is 8.04. The average Bonchev–Trinajstić information content (AvgIpc) is 2.45. The van der Waals surface area contributed by atoms with Gasteiger partial charge in [-0.2, -0.15) is 0 Å². The largest absolute Gasteiger partial charge is 0.494 e. The van der Waals surface area contributed by atoms with Crippen LogP contribution in [0.25, 0.3) is 0 Å². The Bertz CT molecular complexity index is 524. The fourth-order valence-electron chi connectivity index (χ4n) is 3.13. The van der Waals surface area contributed by atoms with E-state index in [-0.39, 0.29) is 11.7 Å². The molecular weight excluding hydrogens is 283 g/mol. The van der Waals surface area contributed by atoms with Gasteiger partial charge in [0, 0.05) is 26.2 Å². The van der Waals surface area contributed by atoms with Gasteiger partial charge in [-0.3, -0.25) is 4.90 Å². The van der Waals surface area contributed by atoms with Gasteiger partial charge >= 0.3 is 0 Å². The number of rotatable bonds is 4. The van der Waals surface area contributed by atoms with Crippen molar-refractivity contribution in [3.63, 3.8) is 0 Å². The molecule has 0 amide bonds. The van der Waals surface area contributed by atoms with Gasteiger partial charge in [0.25, 0.3) is 0 Å². The zero-order chi connectivity index (χ0) is 15.7. The van der Waals surface area contributed by atoms with Crippen molar-refractivity contribution in [2.24, 2.45) is 0 Å². The molecule has 0 aromatic heterocycles. The molecule has 5 heteroatoms.